The molecule has 0 aromatic carbocycles. The van der Waals surface area contributed by atoms with E-state index in [0.29, 0.717) is 0 Å². The summed E-state index contributed by atoms with van der Waals surface area (Å²) in [5.41, 5.74) is 9.25. The Morgan fingerprint density at radius 3 is 1.20 bits per heavy atom. The van der Waals surface area contributed by atoms with Crippen LogP contribution < -0.4 is 17.4 Å². The second-order valence-corrected chi connectivity index (χ2v) is 0.236. The maximum Gasteiger partial charge on any atom is 0.0403 e. The van der Waals surface area contributed by atoms with E-state index in [-0.39, 0.29) is 6.67 Å². The topological polar surface area (TPSA) is 98.3 Å². The van der Waals surface area contributed by atoms with Crippen molar-refractivity contribution < 1.29 is 5.21 Å². The molecule has 0 bridgehead atoms. The summed E-state index contributed by atoms with van der Waals surface area (Å²) in [4.78, 5) is 0. The van der Waals surface area contributed by atoms with Crippen LogP contribution in [0.15, 0.2) is 0 Å². The molecule has 0 saturated carbocycles. The standard InChI is InChI=1S/CH6N2.H3NO/c2-1-3;1-2/h1-3H2;2H,1H2. The summed E-state index contributed by atoms with van der Waals surface area (Å²) >= 11 is 0. The molecule has 0 aliphatic heterocycles. The maximum atomic E-state index is 6.50. The molecule has 0 aromatic heterocycles. The molecule has 4 nitrogen and oxygen atoms in total. The molecule has 0 fully saturated rings. The minimum Gasteiger partial charge on any atom is -0.320 e. The van der Waals surface area contributed by atoms with Gasteiger partial charge in [-0.1, -0.05) is 0 Å². The van der Waals surface area contributed by atoms with Gasteiger partial charge in [0.2, 0.25) is 0 Å². The zero-order valence-electron chi connectivity index (χ0n) is 2.89. The highest BCUT2D eigenvalue weighted by atomic mass is 16.4. The Bertz CT molecular complexity index is 6.85. The Morgan fingerprint density at radius 2 is 1.20 bits per heavy atom. The van der Waals surface area contributed by atoms with Crippen molar-refractivity contribution in [3.05, 3.63) is 0 Å². The smallest absolute Gasteiger partial charge is 0.0403 e. The normalized spacial score (nSPS) is 4.80. The average Bonchev–Trinajstić information content (AvgIpc) is 1.46. The van der Waals surface area contributed by atoms with Crippen LogP contribution in [0, 0.1) is 0 Å². The van der Waals surface area contributed by atoms with Crippen LogP contribution in [0.5, 0.6) is 0 Å². The third-order valence-electron chi connectivity index (χ3n) is 0. The molecular formula is CH9N3O. The zero-order chi connectivity index (χ0) is 4.71. The second-order valence-electron chi connectivity index (χ2n) is 0.236. The van der Waals surface area contributed by atoms with Crippen molar-refractivity contribution in [2.75, 3.05) is 6.67 Å². The summed E-state index contributed by atoms with van der Waals surface area (Å²) in [5.74, 6) is 3.50. The number of hydrogen-bond acceptors (Lipinski definition) is 4. The van der Waals surface area contributed by atoms with Crippen molar-refractivity contribution in [1.29, 1.82) is 0 Å². The molecule has 7 N–H and O–H groups in total. The Morgan fingerprint density at radius 1 is 1.20 bits per heavy atom. The van der Waals surface area contributed by atoms with E-state index in [1.807, 2.05) is 0 Å². The molecule has 0 aromatic rings. The first-order valence-electron chi connectivity index (χ1n) is 1.07. The lowest BCUT2D eigenvalue weighted by Crippen LogP contribution is -2.08. The van der Waals surface area contributed by atoms with Crippen LogP contribution in [-0.4, -0.2) is 11.9 Å². The van der Waals surface area contributed by atoms with Crippen LogP contribution in [0.3, 0.4) is 0 Å². The molecule has 4 heteroatoms. The Kier molecular flexibility index (Phi) is 77.7. The molecule has 0 rings (SSSR count). The van der Waals surface area contributed by atoms with Gasteiger partial charge >= 0.3 is 0 Å². The van der Waals surface area contributed by atoms with Gasteiger partial charge < -0.3 is 16.7 Å². The van der Waals surface area contributed by atoms with Crippen molar-refractivity contribution in [3.8, 4) is 0 Å². The number of nitrogens with two attached hydrogens (primary N) is 3. The highest BCUT2D eigenvalue weighted by molar-refractivity contribution is 3.94. The fourth-order valence-corrected chi connectivity index (χ4v) is 0. The van der Waals surface area contributed by atoms with Crippen molar-refractivity contribution in [3.63, 3.8) is 0 Å². The fourth-order valence-electron chi connectivity index (χ4n) is 0. The second kappa shape index (κ2) is 43.9. The third kappa shape index (κ3) is 508. The third-order valence-corrected chi connectivity index (χ3v) is 0. The van der Waals surface area contributed by atoms with E-state index in [2.05, 4.69) is 17.4 Å². The van der Waals surface area contributed by atoms with Gasteiger partial charge in [-0.05, 0) is 0 Å². The van der Waals surface area contributed by atoms with Gasteiger partial charge in [0.1, 0.15) is 0 Å². The van der Waals surface area contributed by atoms with Gasteiger partial charge in [-0.25, -0.2) is 5.90 Å². The van der Waals surface area contributed by atoms with E-state index in [4.69, 9.17) is 5.21 Å². The number of hydrogen-bond donors (Lipinski definition) is 4. The minimum atomic E-state index is 0.250. The predicted octanol–water partition coefficient (Wildman–Crippen LogP) is -1.80. The van der Waals surface area contributed by atoms with E-state index in [1.165, 1.54) is 0 Å². The molecule has 0 aliphatic rings. The number of rotatable bonds is 0. The molecule has 0 radical (unpaired) electrons. The first-order valence-corrected chi connectivity index (χ1v) is 1.07. The molecule has 0 amide bonds. The minimum absolute atomic E-state index is 0.250. The fraction of sp³-hybridized carbons (Fsp3) is 1.00. The Hall–Kier alpha value is -0.160. The average molecular weight is 79.1 g/mol. The van der Waals surface area contributed by atoms with E-state index < -0.39 is 0 Å². The van der Waals surface area contributed by atoms with Gasteiger partial charge in [-0.2, -0.15) is 0 Å². The predicted molar refractivity (Wildman–Crippen MR) is 19.2 cm³/mol. The van der Waals surface area contributed by atoms with Crippen LogP contribution >= 0.6 is 0 Å². The Labute approximate surface area is 30.5 Å². The highest BCUT2D eigenvalue weighted by Gasteiger charge is 1.29. The quantitative estimate of drug-likeness (QED) is 0.203. The first-order chi connectivity index (χ1) is 2.41. The summed E-state index contributed by atoms with van der Waals surface area (Å²) in [5, 5.41) is 6.50. The van der Waals surface area contributed by atoms with Crippen molar-refractivity contribution >= 4 is 0 Å². The van der Waals surface area contributed by atoms with Crippen LogP contribution in [0.4, 0.5) is 0 Å². The van der Waals surface area contributed by atoms with E-state index >= 15 is 0 Å². The van der Waals surface area contributed by atoms with Gasteiger partial charge in [0.25, 0.3) is 0 Å². The molecule has 0 aliphatic carbocycles. The molecule has 0 atom stereocenters. The molecule has 34 valence electrons. The molecular weight excluding hydrogens is 70.0 g/mol. The van der Waals surface area contributed by atoms with Crippen LogP contribution in [0.1, 0.15) is 0 Å². The molecule has 0 unspecified atom stereocenters. The lowest BCUT2D eigenvalue weighted by atomic mass is 11.3. The molecule has 0 spiro atoms. The molecule has 5 heavy (non-hydrogen) atoms. The molecule has 0 saturated heterocycles. The lowest BCUT2D eigenvalue weighted by molar-refractivity contribution is 0.311. The van der Waals surface area contributed by atoms with Crippen LogP contribution in [0.25, 0.3) is 0 Å². The summed E-state index contributed by atoms with van der Waals surface area (Å²) < 4.78 is 0. The van der Waals surface area contributed by atoms with Crippen LogP contribution in [0.2, 0.25) is 0 Å². The van der Waals surface area contributed by atoms with E-state index in [0.717, 1.165) is 0 Å². The van der Waals surface area contributed by atoms with Gasteiger partial charge in [-0.3, -0.25) is 0 Å². The lowest BCUT2D eigenvalue weighted by Gasteiger charge is -1.56. The molecule has 0 heterocycles. The van der Waals surface area contributed by atoms with Crippen molar-refractivity contribution in [1.82, 2.24) is 0 Å². The summed E-state index contributed by atoms with van der Waals surface area (Å²) in [7, 11) is 0. The van der Waals surface area contributed by atoms with E-state index in [9.17, 15) is 0 Å². The largest absolute Gasteiger partial charge is 0.320 e. The summed E-state index contributed by atoms with van der Waals surface area (Å²) in [6, 6.07) is 0. The SMILES string of the molecule is NCN.NO. The Balaban J connectivity index is 0. The first kappa shape index (κ1) is 8.85. The van der Waals surface area contributed by atoms with Gasteiger partial charge in [0, 0.05) is 6.67 Å². The maximum absolute atomic E-state index is 6.50. The monoisotopic (exact) mass is 79.1 g/mol. The van der Waals surface area contributed by atoms with E-state index in [1.54, 1.807) is 0 Å². The van der Waals surface area contributed by atoms with Crippen molar-refractivity contribution in [2.24, 2.45) is 17.4 Å². The summed E-state index contributed by atoms with van der Waals surface area (Å²) in [6.07, 6.45) is 0. The highest BCUT2D eigenvalue weighted by Crippen LogP contribution is 0.861. The van der Waals surface area contributed by atoms with Gasteiger partial charge in [0.05, 0.1) is 0 Å². The summed E-state index contributed by atoms with van der Waals surface area (Å²) in [6.45, 7) is 0.250. The van der Waals surface area contributed by atoms with Crippen LogP contribution in [-0.2, 0) is 0 Å². The zero-order valence-corrected chi connectivity index (χ0v) is 2.89. The van der Waals surface area contributed by atoms with Gasteiger partial charge in [-0.15, -0.1) is 0 Å². The van der Waals surface area contributed by atoms with Crippen molar-refractivity contribution in [2.45, 2.75) is 0 Å². The van der Waals surface area contributed by atoms with Gasteiger partial charge in [0.15, 0.2) is 0 Å².